The predicted molar refractivity (Wildman–Crippen MR) is 201 cm³/mol. The van der Waals surface area contributed by atoms with Gasteiger partial charge in [0.05, 0.1) is 19.3 Å². The zero-order chi connectivity index (χ0) is 35.9. The maximum Gasteiger partial charge on any atom is 0.255 e. The molecule has 4 aromatic rings. The number of phenolic OH excluding ortho intramolecular Hbond substituents is 1. The van der Waals surface area contributed by atoms with Gasteiger partial charge in [0.15, 0.2) is 0 Å². The summed E-state index contributed by atoms with van der Waals surface area (Å²) in [4.78, 5) is 41.7. The van der Waals surface area contributed by atoms with Crippen LogP contribution in [0.15, 0.2) is 91.0 Å². The number of hydrogen-bond acceptors (Lipinski definition) is 8. The molecule has 270 valence electrons. The van der Waals surface area contributed by atoms with Crippen LogP contribution in [-0.4, -0.2) is 85.4 Å². The number of phenols is 1. The van der Waals surface area contributed by atoms with Crippen LogP contribution in [0.25, 0.3) is 0 Å². The zero-order valence-corrected chi connectivity index (χ0v) is 29.6. The summed E-state index contributed by atoms with van der Waals surface area (Å²) < 4.78 is 12.2. The molecule has 9 nitrogen and oxygen atoms in total. The Morgan fingerprint density at radius 3 is 2.44 bits per heavy atom. The lowest BCUT2D eigenvalue weighted by Gasteiger charge is -2.37. The second-order valence-corrected chi connectivity index (χ2v) is 14.1. The fraction of sp³-hybridized carbons (Fsp3) is 0.372. The summed E-state index contributed by atoms with van der Waals surface area (Å²) in [6, 6.07) is 30.0. The molecule has 0 radical (unpaired) electrons. The number of carbonyl (C=O) groups is 3. The first-order valence-electron chi connectivity index (χ1n) is 18.6. The Morgan fingerprint density at radius 1 is 0.865 bits per heavy atom. The molecule has 1 unspecified atom stereocenters. The highest BCUT2D eigenvalue weighted by atomic mass is 16.5. The quantitative estimate of drug-likeness (QED) is 0.110. The summed E-state index contributed by atoms with van der Waals surface area (Å²) in [7, 11) is 0. The highest BCUT2D eigenvalue weighted by molar-refractivity contribution is 5.99. The normalized spacial score (nSPS) is 19.0. The number of ether oxygens (including phenoxy) is 2. The van der Waals surface area contributed by atoms with Crippen LogP contribution in [0.1, 0.15) is 76.6 Å². The molecule has 0 saturated carbocycles. The molecule has 1 saturated heterocycles. The fourth-order valence-corrected chi connectivity index (χ4v) is 7.94. The third-order valence-corrected chi connectivity index (χ3v) is 10.8. The van der Waals surface area contributed by atoms with Crippen molar-refractivity contribution in [2.24, 2.45) is 0 Å². The minimum Gasteiger partial charge on any atom is -0.508 e. The van der Waals surface area contributed by atoms with Gasteiger partial charge in [0, 0.05) is 73.9 Å². The number of hydrogen-bond donors (Lipinski definition) is 1. The Labute approximate surface area is 305 Å². The van der Waals surface area contributed by atoms with Gasteiger partial charge in [-0.1, -0.05) is 48.5 Å². The molecule has 52 heavy (non-hydrogen) atoms. The van der Waals surface area contributed by atoms with E-state index in [-0.39, 0.29) is 29.9 Å². The van der Waals surface area contributed by atoms with Crippen molar-refractivity contribution >= 4 is 24.2 Å². The number of rotatable bonds is 15. The third kappa shape index (κ3) is 7.84. The van der Waals surface area contributed by atoms with Gasteiger partial charge in [0.25, 0.3) is 5.91 Å². The van der Waals surface area contributed by atoms with Gasteiger partial charge in [-0.2, -0.15) is 0 Å². The van der Waals surface area contributed by atoms with Crippen molar-refractivity contribution in [3.8, 4) is 17.2 Å². The molecule has 1 N–H and O–H groups in total. The van der Waals surface area contributed by atoms with Gasteiger partial charge >= 0.3 is 0 Å². The van der Waals surface area contributed by atoms with E-state index >= 15 is 0 Å². The van der Waals surface area contributed by atoms with E-state index in [0.29, 0.717) is 31.7 Å². The minimum absolute atomic E-state index is 0.135. The van der Waals surface area contributed by atoms with Gasteiger partial charge in [0.1, 0.15) is 29.8 Å². The van der Waals surface area contributed by atoms with E-state index in [4.69, 9.17) is 9.47 Å². The van der Waals surface area contributed by atoms with Crippen molar-refractivity contribution < 1.29 is 29.0 Å². The van der Waals surface area contributed by atoms with Crippen LogP contribution in [0.2, 0.25) is 0 Å². The number of anilines is 1. The van der Waals surface area contributed by atoms with E-state index in [1.807, 2.05) is 24.3 Å². The van der Waals surface area contributed by atoms with Crippen molar-refractivity contribution in [1.82, 2.24) is 9.80 Å². The van der Waals surface area contributed by atoms with E-state index in [1.54, 1.807) is 23.1 Å². The predicted octanol–water partition coefficient (Wildman–Crippen LogP) is 6.57. The van der Waals surface area contributed by atoms with Crippen molar-refractivity contribution in [1.29, 1.82) is 0 Å². The molecule has 3 aliphatic heterocycles. The van der Waals surface area contributed by atoms with Crippen LogP contribution >= 0.6 is 0 Å². The number of unbranched alkanes of at least 4 members (excludes halogenated alkanes) is 2. The number of aromatic hydroxyl groups is 1. The molecule has 0 spiro atoms. The Hall–Kier alpha value is -5.15. The second-order valence-electron chi connectivity index (χ2n) is 14.1. The minimum atomic E-state index is -0.586. The molecule has 3 aliphatic rings. The molecule has 0 bridgehead atoms. The number of nitrogens with zero attached hydrogens (tertiary/aromatic N) is 3. The van der Waals surface area contributed by atoms with Crippen molar-refractivity contribution in [2.75, 3.05) is 50.8 Å². The highest BCUT2D eigenvalue weighted by Crippen LogP contribution is 2.47. The van der Waals surface area contributed by atoms with E-state index in [9.17, 15) is 19.5 Å². The average molecular weight is 702 g/mol. The third-order valence-electron chi connectivity index (χ3n) is 10.8. The number of piperazine rings is 1. The van der Waals surface area contributed by atoms with Crippen molar-refractivity contribution in [2.45, 2.75) is 56.5 Å². The summed E-state index contributed by atoms with van der Waals surface area (Å²) in [6.07, 6.45) is 5.28. The fourth-order valence-electron chi connectivity index (χ4n) is 7.94. The molecule has 0 aromatic heterocycles. The van der Waals surface area contributed by atoms with Crippen molar-refractivity contribution in [3.05, 3.63) is 119 Å². The molecule has 1 fully saturated rings. The first-order chi connectivity index (χ1) is 25.5. The van der Waals surface area contributed by atoms with Crippen LogP contribution in [0.5, 0.6) is 17.2 Å². The monoisotopic (exact) mass is 701 g/mol. The second kappa shape index (κ2) is 16.5. The lowest BCUT2D eigenvalue weighted by atomic mass is 9.76. The maximum absolute atomic E-state index is 12.8. The van der Waals surface area contributed by atoms with Crippen LogP contribution in [0.3, 0.4) is 0 Å². The molecule has 4 aromatic carbocycles. The summed E-state index contributed by atoms with van der Waals surface area (Å²) in [5.41, 5.74) is 6.33. The Bertz CT molecular complexity index is 1840. The van der Waals surface area contributed by atoms with Crippen molar-refractivity contribution in [3.63, 3.8) is 0 Å². The molecular weight excluding hydrogens is 654 g/mol. The van der Waals surface area contributed by atoms with Crippen LogP contribution in [0.4, 0.5) is 5.69 Å². The van der Waals surface area contributed by atoms with Gasteiger partial charge in [-0.05, 0) is 85.3 Å². The SMILES string of the molecule is O=CCCC(C=O)N1Cc2cc(OCCCCCN3CCN(c4ccc([C@@H]5c6ccc(O)cc6OC[C@@H]5c5ccccc5)cc4)CC3)ccc2C1=O. The zero-order valence-electron chi connectivity index (χ0n) is 29.6. The molecule has 7 rings (SSSR count). The topological polar surface area (TPSA) is 99.6 Å². The number of benzene rings is 4. The molecule has 3 heterocycles. The van der Waals surface area contributed by atoms with Gasteiger partial charge in [-0.3, -0.25) is 9.69 Å². The lowest BCUT2D eigenvalue weighted by molar-refractivity contribution is -0.112. The first kappa shape index (κ1) is 35.3. The van der Waals surface area contributed by atoms with E-state index in [1.165, 1.54) is 16.8 Å². The summed E-state index contributed by atoms with van der Waals surface area (Å²) in [5.74, 6) is 1.87. The van der Waals surface area contributed by atoms with Crippen LogP contribution in [0, 0.1) is 0 Å². The maximum atomic E-state index is 12.8. The summed E-state index contributed by atoms with van der Waals surface area (Å²) >= 11 is 0. The van der Waals surface area contributed by atoms with Gasteiger partial charge < -0.3 is 34.0 Å². The summed E-state index contributed by atoms with van der Waals surface area (Å²) in [6.45, 7) is 6.69. The first-order valence-corrected chi connectivity index (χ1v) is 18.6. The number of amides is 1. The Kier molecular flexibility index (Phi) is 11.2. The average Bonchev–Trinajstić information content (AvgIpc) is 3.51. The Balaban J connectivity index is 0.852. The Morgan fingerprint density at radius 2 is 1.67 bits per heavy atom. The summed E-state index contributed by atoms with van der Waals surface area (Å²) in [5, 5.41) is 10.1. The van der Waals surface area contributed by atoms with E-state index < -0.39 is 6.04 Å². The van der Waals surface area contributed by atoms with E-state index in [0.717, 1.165) is 87.2 Å². The number of aldehydes is 2. The molecule has 3 atom stereocenters. The lowest BCUT2D eigenvalue weighted by Crippen LogP contribution is -2.46. The molecule has 9 heteroatoms. The van der Waals surface area contributed by atoms with Gasteiger partial charge in [-0.25, -0.2) is 0 Å². The molecule has 0 aliphatic carbocycles. The van der Waals surface area contributed by atoms with Crippen LogP contribution < -0.4 is 14.4 Å². The largest absolute Gasteiger partial charge is 0.508 e. The van der Waals surface area contributed by atoms with E-state index in [2.05, 4.69) is 58.3 Å². The standard InChI is InChI=1S/C43H47N3O6/c47-24-7-10-35(29-48)46-28-33-26-37(16-18-38(33)43(46)50)51-25-6-2-5-19-44-20-22-45(23-21-44)34-13-11-32(12-14-34)42-39-17-15-36(49)27-41(39)52-30-40(42)31-8-3-1-4-9-31/h1,3-4,8-9,11-18,24,26-27,29,35,40,42,49H,2,5-7,10,19-23,25,28,30H2/t35?,40-,42-/m1/s1. The molecular formula is C43H47N3O6. The number of fused-ring (bicyclic) bond motifs is 2. The number of carbonyl (C=O) groups excluding carboxylic acids is 3. The highest BCUT2D eigenvalue weighted by Gasteiger charge is 2.34. The van der Waals surface area contributed by atoms with Crippen LogP contribution in [-0.2, 0) is 16.1 Å². The molecule has 1 amide bonds. The van der Waals surface area contributed by atoms with Gasteiger partial charge in [0.2, 0.25) is 0 Å². The smallest absolute Gasteiger partial charge is 0.255 e. The van der Waals surface area contributed by atoms with Gasteiger partial charge in [-0.15, -0.1) is 0 Å².